The first kappa shape index (κ1) is 66.1. The number of benzene rings is 1. The van der Waals surface area contributed by atoms with Crippen LogP contribution in [0, 0.1) is 0 Å². The molecule has 0 aromatic heterocycles. The summed E-state index contributed by atoms with van der Waals surface area (Å²) in [6, 6.07) is 8.95. The van der Waals surface area contributed by atoms with Crippen molar-refractivity contribution in [3.8, 4) is 0 Å². The summed E-state index contributed by atoms with van der Waals surface area (Å²) in [5.74, 6) is 0. The van der Waals surface area contributed by atoms with Gasteiger partial charge in [-0.15, -0.1) is 0 Å². The Morgan fingerprint density at radius 2 is 0.422 bits per heavy atom. The van der Waals surface area contributed by atoms with E-state index in [2.05, 4.69) is 0 Å². The van der Waals surface area contributed by atoms with Crippen LogP contribution < -0.4 is 3.61 Å². The quantitative estimate of drug-likeness (QED) is 0.102. The minimum absolute atomic E-state index is 0.0733. The predicted octanol–water partition coefficient (Wildman–Crippen LogP) is -13.8. The van der Waals surface area contributed by atoms with Crippen LogP contribution in [0.2, 0.25) is 4.47 Å². The molecule has 35 atom stereocenters. The van der Waals surface area contributed by atoms with Crippen LogP contribution in [-0.2, 0) is 66.3 Å². The fourth-order valence-corrected chi connectivity index (χ4v) is 13.9. The molecule has 0 aliphatic carbocycles. The second kappa shape index (κ2) is 28.6. The molecule has 21 heterocycles. The van der Waals surface area contributed by atoms with Crippen molar-refractivity contribution in [2.75, 3.05) is 39.6 Å². The van der Waals surface area contributed by atoms with Gasteiger partial charge in [0.25, 0.3) is 0 Å². The molecule has 34 nitrogen and oxygen atoms in total. The van der Waals surface area contributed by atoms with Crippen LogP contribution in [0.4, 0.5) is 0 Å². The van der Waals surface area contributed by atoms with Gasteiger partial charge in [0.05, 0.1) is 26.4 Å². The Bertz CT molecular complexity index is 2140. The number of hydrogen-bond donors (Lipinski definition) is 20. The summed E-state index contributed by atoms with van der Waals surface area (Å²) < 4.78 is 82.5. The molecule has 35 heteroatoms. The van der Waals surface area contributed by atoms with E-state index < -0.39 is 276 Å². The monoisotopic (exact) mass is 1320 g/mol. The van der Waals surface area contributed by atoms with E-state index in [1.165, 1.54) is 0 Å². The van der Waals surface area contributed by atoms with E-state index in [1.54, 1.807) is 18.2 Å². The van der Waals surface area contributed by atoms with Gasteiger partial charge in [-0.2, -0.15) is 0 Å². The van der Waals surface area contributed by atoms with Gasteiger partial charge in [-0.25, -0.2) is 0 Å². The Morgan fingerprint density at radius 3 is 0.614 bits per heavy atom. The number of rotatable bonds is 9. The van der Waals surface area contributed by atoms with Crippen molar-refractivity contribution in [2.24, 2.45) is 0 Å². The van der Waals surface area contributed by atoms with Gasteiger partial charge >= 0.3 is 291 Å². The van der Waals surface area contributed by atoms with Gasteiger partial charge < -0.3 is 84.6 Å². The van der Waals surface area contributed by atoms with Crippen molar-refractivity contribution in [1.82, 2.24) is 0 Å². The summed E-state index contributed by atoms with van der Waals surface area (Å²) in [7, 11) is 0. The summed E-state index contributed by atoms with van der Waals surface area (Å²) in [5.41, 5.74) is 0. The van der Waals surface area contributed by atoms with Gasteiger partial charge in [-0.05, 0) is 0 Å². The Morgan fingerprint density at radius 1 is 0.241 bits per heavy atom. The van der Waals surface area contributed by atoms with Crippen molar-refractivity contribution in [3.63, 3.8) is 0 Å². The Hall–Kier alpha value is -1.35. The van der Waals surface area contributed by atoms with E-state index in [4.69, 9.17) is 66.3 Å². The summed E-state index contributed by atoms with van der Waals surface area (Å²) in [6.07, 6.45) is -68.5. The van der Waals surface area contributed by atoms with E-state index in [0.717, 1.165) is 3.61 Å². The number of ether oxygens (including phenoxy) is 14. The van der Waals surface area contributed by atoms with Gasteiger partial charge in [0.1, 0.15) is 61.0 Å². The fraction of sp³-hybridized carbons (Fsp3) is 0.875. The fourth-order valence-electron chi connectivity index (χ4n) is 11.1. The van der Waals surface area contributed by atoms with E-state index in [1.807, 2.05) is 12.1 Å². The molecule has 0 saturated carbocycles. The van der Waals surface area contributed by atoms with Crippen LogP contribution in [0.5, 0.6) is 0 Å². The molecular formula is C48H74O34Te. The van der Waals surface area contributed by atoms with E-state index in [0.29, 0.717) is 0 Å². The molecule has 0 spiro atoms. The zero-order valence-electron chi connectivity index (χ0n) is 43.6. The zero-order valence-corrected chi connectivity index (χ0v) is 45.9. The number of aliphatic hydroxyl groups excluding tert-OH is 20. The first-order valence-corrected chi connectivity index (χ1v) is 29.5. The molecule has 0 amide bonds. The second-order valence-corrected chi connectivity index (χ2v) is 24.2. The topological polar surface area (TPSA) is 534 Å². The molecular weight excluding hydrogens is 1250 g/mol. The van der Waals surface area contributed by atoms with Crippen molar-refractivity contribution >= 4 is 24.5 Å². The molecule has 21 saturated heterocycles. The van der Waals surface area contributed by atoms with Crippen molar-refractivity contribution in [3.05, 3.63) is 30.3 Å². The molecule has 1 aromatic rings. The molecule has 22 rings (SSSR count). The van der Waals surface area contributed by atoms with E-state index in [9.17, 15) is 102 Å². The Labute approximate surface area is 480 Å². The standard InChI is InChI=1S/C48H74O34Te/c49-6-14-35-22(56)29(63)43(70-14)78-37-16(8-51)72-45(31(65)24(37)58)80-39-18(10-53)74-47(33(67)26(39)60)82-41-20(12-83-13-4-2-1-3-5-13)75-48(34(68)27(41)61)81-40-19(11-54)73-46(32(66)25(40)59)79-38-17(9-52)71-44(30(64)23(38)57)77-36-15(7-50)69-42(76-35)28(62)21(36)55/h1-5,14-68H,6-12H2/t14?,15?,16?,17?,18?,19?,20?,21?,22?,23?,24?,25?,26?,27?,28?,29?,30?,31?,32?,33?,34?,35-,36-,37-,38-,39-,40-,41-,42+,43-,44-,45-,46-,47-,48-/m1/s1. The third-order valence-electron chi connectivity index (χ3n) is 15.8. The van der Waals surface area contributed by atoms with Gasteiger partial charge in [0.15, 0.2) is 18.9 Å². The predicted molar refractivity (Wildman–Crippen MR) is 258 cm³/mol. The van der Waals surface area contributed by atoms with Crippen LogP contribution in [-0.4, -0.2) is 378 Å². The number of hydrogen-bond acceptors (Lipinski definition) is 34. The molecule has 21 aliphatic rings. The SMILES string of the molecule is OCC1O[C@@H]2O[C@@H]3C(C[Te]c4ccccc4)O[C@H](O[C@@H]4C(CO)O[C@H](O[C@@H]5C(CO)O[C@H](O[C@@H]6C(CO)O[C@@H](O[C@@H]7C(CO)O[C@H](O[C@@H]8C(CO)O[C@H](O[C@H]1C(O)C2O)C(O)C8O)C(O)C7O)C(O)C6O)C(O)C5O)C(O)C4O)C(O)C3O. The third-order valence-corrected chi connectivity index (χ3v) is 18.9. The molecule has 1 aromatic carbocycles. The first-order chi connectivity index (χ1) is 39.7. The molecule has 0 radical (unpaired) electrons. The summed E-state index contributed by atoms with van der Waals surface area (Å²) >= 11 is -1.28. The van der Waals surface area contributed by atoms with Crippen LogP contribution >= 0.6 is 0 Å². The summed E-state index contributed by atoms with van der Waals surface area (Å²) in [5, 5.41) is 223. The Kier molecular flexibility index (Phi) is 22.8. The third kappa shape index (κ3) is 13.6. The van der Waals surface area contributed by atoms with Crippen LogP contribution in [0.25, 0.3) is 0 Å². The molecule has 21 fully saturated rings. The summed E-state index contributed by atoms with van der Waals surface area (Å²) in [4.78, 5) is 0. The molecule has 20 N–H and O–H groups in total. The Balaban J connectivity index is 1.01. The average Bonchev–Trinajstić information content (AvgIpc) is 3.67. The van der Waals surface area contributed by atoms with Gasteiger partial charge in [0.2, 0.25) is 0 Å². The molecule has 21 unspecified atom stereocenters. The number of aliphatic hydroxyl groups is 20. The van der Waals surface area contributed by atoms with Crippen molar-refractivity contribution in [1.29, 1.82) is 0 Å². The maximum absolute atomic E-state index is 11.8. The first-order valence-electron chi connectivity index (χ1n) is 26.7. The van der Waals surface area contributed by atoms with E-state index in [-0.39, 0.29) is 4.47 Å². The average molecular weight is 1320 g/mol. The maximum atomic E-state index is 11.8. The van der Waals surface area contributed by atoms with E-state index >= 15 is 0 Å². The van der Waals surface area contributed by atoms with Crippen LogP contribution in [0.1, 0.15) is 0 Å². The normalized spacial score (nSPS) is 52.2. The summed E-state index contributed by atoms with van der Waals surface area (Å²) in [6.45, 7) is -6.15. The molecule has 83 heavy (non-hydrogen) atoms. The molecule has 476 valence electrons. The van der Waals surface area contributed by atoms with Crippen molar-refractivity contribution in [2.45, 2.75) is 219 Å². The van der Waals surface area contributed by atoms with Crippen LogP contribution in [0.3, 0.4) is 0 Å². The van der Waals surface area contributed by atoms with Gasteiger partial charge in [0, 0.05) is 0 Å². The van der Waals surface area contributed by atoms with Crippen molar-refractivity contribution < 1.29 is 168 Å². The second-order valence-electron chi connectivity index (χ2n) is 21.1. The van der Waals surface area contributed by atoms with Gasteiger partial charge in [-0.3, -0.25) is 0 Å². The molecule has 14 bridgehead atoms. The molecule has 21 aliphatic heterocycles. The van der Waals surface area contributed by atoms with Gasteiger partial charge in [-0.1, -0.05) is 0 Å². The zero-order chi connectivity index (χ0) is 59.9. The van der Waals surface area contributed by atoms with Crippen LogP contribution in [0.15, 0.2) is 30.3 Å². The minimum atomic E-state index is -2.20.